The van der Waals surface area contributed by atoms with Crippen LogP contribution in [0.5, 0.6) is 0 Å². The third-order valence-electron chi connectivity index (χ3n) is 5.75. The molecule has 21 heavy (non-hydrogen) atoms. The highest BCUT2D eigenvalue weighted by molar-refractivity contribution is 4.75. The second-order valence-corrected chi connectivity index (χ2v) is 7.69. The Balaban J connectivity index is 1.52. The van der Waals surface area contributed by atoms with Crippen molar-refractivity contribution in [3.8, 4) is 0 Å². The minimum atomic E-state index is 0.813. The van der Waals surface area contributed by atoms with E-state index in [0.717, 1.165) is 17.9 Å². The van der Waals surface area contributed by atoms with Gasteiger partial charge in [0.1, 0.15) is 0 Å². The van der Waals surface area contributed by atoms with E-state index < -0.39 is 0 Å². The number of hydrogen-bond donors (Lipinski definition) is 1. The van der Waals surface area contributed by atoms with Crippen molar-refractivity contribution in [1.82, 2.24) is 10.2 Å². The Morgan fingerprint density at radius 3 is 2.57 bits per heavy atom. The zero-order chi connectivity index (χ0) is 14.9. The van der Waals surface area contributed by atoms with Gasteiger partial charge in [-0.15, -0.1) is 0 Å². The normalized spacial score (nSPS) is 29.4. The van der Waals surface area contributed by atoms with E-state index >= 15 is 0 Å². The summed E-state index contributed by atoms with van der Waals surface area (Å²) in [5.74, 6) is 1.98. The van der Waals surface area contributed by atoms with Crippen LogP contribution in [0, 0.1) is 11.8 Å². The summed E-state index contributed by atoms with van der Waals surface area (Å²) in [7, 11) is 0. The predicted molar refractivity (Wildman–Crippen MR) is 92.7 cm³/mol. The molecule has 2 atom stereocenters. The van der Waals surface area contributed by atoms with Crippen molar-refractivity contribution in [3.05, 3.63) is 0 Å². The van der Waals surface area contributed by atoms with E-state index in [-0.39, 0.29) is 0 Å². The highest BCUT2D eigenvalue weighted by atomic mass is 15.1. The first-order valence-corrected chi connectivity index (χ1v) is 9.73. The molecule has 1 N–H and O–H groups in total. The molecule has 0 radical (unpaired) electrons. The van der Waals surface area contributed by atoms with Crippen molar-refractivity contribution < 1.29 is 0 Å². The minimum Gasteiger partial charge on any atom is -0.314 e. The van der Waals surface area contributed by atoms with E-state index in [0.29, 0.717) is 0 Å². The van der Waals surface area contributed by atoms with Gasteiger partial charge in [0.25, 0.3) is 0 Å². The maximum atomic E-state index is 3.85. The second kappa shape index (κ2) is 9.84. The Bertz CT molecular complexity index is 258. The molecular formula is C19H38N2. The summed E-state index contributed by atoms with van der Waals surface area (Å²) < 4.78 is 0. The number of likely N-dealkylation sites (tertiary alicyclic amines) is 1. The van der Waals surface area contributed by atoms with Crippen LogP contribution in [0.15, 0.2) is 0 Å². The summed E-state index contributed by atoms with van der Waals surface area (Å²) in [6.45, 7) is 9.95. The molecular weight excluding hydrogens is 256 g/mol. The van der Waals surface area contributed by atoms with E-state index in [1.165, 1.54) is 90.4 Å². The van der Waals surface area contributed by atoms with Crippen LogP contribution in [0.4, 0.5) is 0 Å². The molecule has 2 heteroatoms. The van der Waals surface area contributed by atoms with Crippen LogP contribution in [0.25, 0.3) is 0 Å². The van der Waals surface area contributed by atoms with Crippen LogP contribution >= 0.6 is 0 Å². The van der Waals surface area contributed by atoms with E-state index in [1.54, 1.807) is 0 Å². The van der Waals surface area contributed by atoms with Crippen LogP contribution in [0.1, 0.15) is 78.1 Å². The number of nitrogens with zero attached hydrogens (tertiary/aromatic N) is 1. The lowest BCUT2D eigenvalue weighted by Crippen LogP contribution is -2.36. The molecule has 2 rings (SSSR count). The molecule has 0 aromatic heterocycles. The van der Waals surface area contributed by atoms with Gasteiger partial charge >= 0.3 is 0 Å². The van der Waals surface area contributed by atoms with Gasteiger partial charge in [-0.05, 0) is 76.5 Å². The largest absolute Gasteiger partial charge is 0.314 e. The second-order valence-electron chi connectivity index (χ2n) is 7.69. The third kappa shape index (κ3) is 6.69. The minimum absolute atomic E-state index is 0.813. The Hall–Kier alpha value is -0.0800. The van der Waals surface area contributed by atoms with Crippen LogP contribution in [0.3, 0.4) is 0 Å². The summed E-state index contributed by atoms with van der Waals surface area (Å²) in [4.78, 5) is 2.67. The number of rotatable bonds is 7. The van der Waals surface area contributed by atoms with Crippen LogP contribution < -0.4 is 5.32 Å². The Morgan fingerprint density at radius 1 is 1.00 bits per heavy atom. The molecule has 0 amide bonds. The Kier molecular flexibility index (Phi) is 8.10. The first-order valence-electron chi connectivity index (χ1n) is 9.73. The average molecular weight is 295 g/mol. The average Bonchev–Trinajstić information content (AvgIpc) is 2.71. The van der Waals surface area contributed by atoms with E-state index in [2.05, 4.69) is 24.1 Å². The molecule has 1 saturated carbocycles. The van der Waals surface area contributed by atoms with Gasteiger partial charge in [-0.3, -0.25) is 0 Å². The molecule has 2 fully saturated rings. The highest BCUT2D eigenvalue weighted by Gasteiger charge is 2.18. The van der Waals surface area contributed by atoms with Gasteiger partial charge < -0.3 is 10.2 Å². The fourth-order valence-corrected chi connectivity index (χ4v) is 4.17. The van der Waals surface area contributed by atoms with Crippen molar-refractivity contribution in [2.24, 2.45) is 11.8 Å². The summed E-state index contributed by atoms with van der Waals surface area (Å²) in [5, 5.41) is 3.85. The standard InChI is InChI=1S/C19H38N2/c1-3-6-18-7-4-8-19(10-9-18)20-13-5-14-21-15-11-17(2)12-16-21/h17-20H,3-16H2,1-2H3. The fourth-order valence-electron chi connectivity index (χ4n) is 4.17. The SMILES string of the molecule is CCCC1CCCC(NCCCN2CCC(C)CC2)CC1. The highest BCUT2D eigenvalue weighted by Crippen LogP contribution is 2.26. The van der Waals surface area contributed by atoms with E-state index in [4.69, 9.17) is 0 Å². The summed E-state index contributed by atoms with van der Waals surface area (Å²) in [6.07, 6.45) is 14.2. The fraction of sp³-hybridized carbons (Fsp3) is 1.00. The molecule has 0 aromatic rings. The van der Waals surface area contributed by atoms with Crippen LogP contribution in [-0.2, 0) is 0 Å². The summed E-state index contributed by atoms with van der Waals surface area (Å²) >= 11 is 0. The van der Waals surface area contributed by atoms with Crippen molar-refractivity contribution >= 4 is 0 Å². The summed E-state index contributed by atoms with van der Waals surface area (Å²) in [6, 6.07) is 0.813. The molecule has 2 unspecified atom stereocenters. The van der Waals surface area contributed by atoms with Gasteiger partial charge in [0.2, 0.25) is 0 Å². The first-order chi connectivity index (χ1) is 10.3. The van der Waals surface area contributed by atoms with Crippen molar-refractivity contribution in [2.75, 3.05) is 26.2 Å². The van der Waals surface area contributed by atoms with Crippen LogP contribution in [-0.4, -0.2) is 37.1 Å². The molecule has 0 aromatic carbocycles. The molecule has 1 aliphatic heterocycles. The monoisotopic (exact) mass is 294 g/mol. The van der Waals surface area contributed by atoms with Gasteiger partial charge in [0.15, 0.2) is 0 Å². The maximum absolute atomic E-state index is 3.85. The number of nitrogens with one attached hydrogen (secondary N) is 1. The molecule has 1 saturated heterocycles. The number of hydrogen-bond acceptors (Lipinski definition) is 2. The molecule has 0 spiro atoms. The van der Waals surface area contributed by atoms with Gasteiger partial charge in [0.05, 0.1) is 0 Å². The van der Waals surface area contributed by atoms with Gasteiger partial charge in [-0.25, -0.2) is 0 Å². The van der Waals surface area contributed by atoms with Gasteiger partial charge in [-0.2, -0.15) is 0 Å². The lowest BCUT2D eigenvalue weighted by atomic mass is 9.95. The zero-order valence-electron chi connectivity index (χ0n) is 14.6. The van der Waals surface area contributed by atoms with E-state index in [1.807, 2.05) is 0 Å². The number of piperidine rings is 1. The lowest BCUT2D eigenvalue weighted by molar-refractivity contribution is 0.189. The molecule has 124 valence electrons. The molecule has 1 heterocycles. The summed E-state index contributed by atoms with van der Waals surface area (Å²) in [5.41, 5.74) is 0. The van der Waals surface area contributed by atoms with E-state index in [9.17, 15) is 0 Å². The lowest BCUT2D eigenvalue weighted by Gasteiger charge is -2.30. The predicted octanol–water partition coefficient (Wildman–Crippen LogP) is 4.45. The molecule has 2 aliphatic rings. The maximum Gasteiger partial charge on any atom is 0.00671 e. The van der Waals surface area contributed by atoms with Gasteiger partial charge in [0, 0.05) is 6.04 Å². The topological polar surface area (TPSA) is 15.3 Å². The molecule has 2 nitrogen and oxygen atoms in total. The molecule has 0 bridgehead atoms. The van der Waals surface area contributed by atoms with Crippen molar-refractivity contribution in [2.45, 2.75) is 84.1 Å². The van der Waals surface area contributed by atoms with Crippen molar-refractivity contribution in [1.29, 1.82) is 0 Å². The Labute approximate surface area is 133 Å². The quantitative estimate of drug-likeness (QED) is 0.551. The van der Waals surface area contributed by atoms with Crippen molar-refractivity contribution in [3.63, 3.8) is 0 Å². The zero-order valence-corrected chi connectivity index (χ0v) is 14.6. The van der Waals surface area contributed by atoms with Crippen LogP contribution in [0.2, 0.25) is 0 Å². The van der Waals surface area contributed by atoms with Gasteiger partial charge in [-0.1, -0.05) is 39.5 Å². The Morgan fingerprint density at radius 2 is 1.81 bits per heavy atom. The smallest absolute Gasteiger partial charge is 0.00671 e. The third-order valence-corrected chi connectivity index (χ3v) is 5.75. The molecule has 1 aliphatic carbocycles. The first kappa shape index (κ1) is 17.3.